The van der Waals surface area contributed by atoms with Crippen LogP contribution >= 0.6 is 11.6 Å². The number of nitrogen functional groups attached to an aromatic ring is 1. The lowest BCUT2D eigenvalue weighted by Crippen LogP contribution is -2.50. The monoisotopic (exact) mass is 557 g/mol. The number of halogens is 1. The van der Waals surface area contributed by atoms with Gasteiger partial charge in [-0.3, -0.25) is 9.59 Å². The van der Waals surface area contributed by atoms with Gasteiger partial charge >= 0.3 is 0 Å². The molecule has 210 valence electrons. The van der Waals surface area contributed by atoms with Crippen LogP contribution in [0.25, 0.3) is 0 Å². The maximum absolute atomic E-state index is 13.4. The van der Waals surface area contributed by atoms with Crippen LogP contribution in [0.4, 0.5) is 10.5 Å². The zero-order valence-electron chi connectivity index (χ0n) is 22.0. The number of ether oxygens (including phenoxy) is 2. The van der Waals surface area contributed by atoms with E-state index in [1.165, 1.54) is 19.2 Å². The summed E-state index contributed by atoms with van der Waals surface area (Å²) >= 11 is 6.18. The van der Waals surface area contributed by atoms with Crippen LogP contribution in [-0.4, -0.2) is 73.6 Å². The highest BCUT2D eigenvalue weighted by molar-refractivity contribution is 6.33. The van der Waals surface area contributed by atoms with Gasteiger partial charge < -0.3 is 40.2 Å². The molecule has 2 atom stereocenters. The van der Waals surface area contributed by atoms with E-state index in [1.807, 2.05) is 4.90 Å². The quantitative estimate of drug-likeness (QED) is 0.273. The van der Waals surface area contributed by atoms with Crippen molar-refractivity contribution in [3.05, 3.63) is 52.5 Å². The van der Waals surface area contributed by atoms with E-state index in [2.05, 4.69) is 10.2 Å². The number of hydrogen-bond acceptors (Lipinski definition) is 8. The van der Waals surface area contributed by atoms with Crippen LogP contribution in [0.3, 0.4) is 0 Å². The SMILES string of the molecule is COc1cc(N)c(Cl)cc1C(=O)NC1CCN(CCCC(=O)N2CCCC2)CC1c1ccccc1OC(=O)[O-]. The average Bonchev–Trinajstić information content (AvgIpc) is 3.46. The summed E-state index contributed by atoms with van der Waals surface area (Å²) in [5.41, 5.74) is 7.07. The Morgan fingerprint density at radius 3 is 2.59 bits per heavy atom. The van der Waals surface area contributed by atoms with Gasteiger partial charge in [0, 0.05) is 50.6 Å². The molecule has 0 spiro atoms. The normalized spacial score (nSPS) is 19.5. The highest BCUT2D eigenvalue weighted by Crippen LogP contribution is 2.35. The molecule has 0 radical (unpaired) electrons. The predicted octanol–water partition coefficient (Wildman–Crippen LogP) is 2.64. The van der Waals surface area contributed by atoms with Crippen LogP contribution in [0, 0.1) is 0 Å². The summed E-state index contributed by atoms with van der Waals surface area (Å²) in [6.07, 6.45) is 2.28. The van der Waals surface area contributed by atoms with E-state index in [0.29, 0.717) is 49.5 Å². The molecule has 39 heavy (non-hydrogen) atoms. The Kier molecular flexibility index (Phi) is 9.53. The van der Waals surface area contributed by atoms with Gasteiger partial charge in [-0.2, -0.15) is 0 Å². The molecular weight excluding hydrogens is 524 g/mol. The topological polar surface area (TPSA) is 137 Å². The standard InChI is InChI=1S/C28H35ClN4O6/c1-38-25-16-22(30)21(29)15-19(25)27(35)31-23-10-14-32(11-6-9-26(34)33-12-4-5-13-33)17-20(23)18-7-2-3-8-24(18)39-28(36)37/h2-3,7-8,15-16,20,23H,4-6,9-14,17,30H2,1H3,(H,31,35)(H,36,37)/p-1. The Hall–Kier alpha value is -3.50. The number of benzene rings is 2. The summed E-state index contributed by atoms with van der Waals surface area (Å²) in [4.78, 5) is 41.3. The Morgan fingerprint density at radius 1 is 1.13 bits per heavy atom. The van der Waals surface area contributed by atoms with E-state index in [9.17, 15) is 19.5 Å². The van der Waals surface area contributed by atoms with Crippen molar-refractivity contribution in [1.82, 2.24) is 15.1 Å². The molecule has 4 rings (SSSR count). The number of nitrogens with one attached hydrogen (secondary N) is 1. The van der Waals surface area contributed by atoms with Gasteiger partial charge in [-0.25, -0.2) is 0 Å². The van der Waals surface area contributed by atoms with E-state index in [-0.39, 0.29) is 40.1 Å². The number of nitrogens with zero attached hydrogens (tertiary/aromatic N) is 2. The van der Waals surface area contributed by atoms with Gasteiger partial charge in [0.15, 0.2) is 0 Å². The number of para-hydroxylation sites is 1. The van der Waals surface area contributed by atoms with Crippen molar-refractivity contribution in [3.63, 3.8) is 0 Å². The first kappa shape index (κ1) is 28.5. The molecule has 0 saturated carbocycles. The lowest BCUT2D eigenvalue weighted by Gasteiger charge is -2.40. The molecule has 2 heterocycles. The third-order valence-corrected chi connectivity index (χ3v) is 7.74. The number of hydrogen-bond donors (Lipinski definition) is 2. The predicted molar refractivity (Wildman–Crippen MR) is 145 cm³/mol. The van der Waals surface area contributed by atoms with Crippen LogP contribution in [0.5, 0.6) is 11.5 Å². The Morgan fingerprint density at radius 2 is 1.87 bits per heavy atom. The van der Waals surface area contributed by atoms with Crippen LogP contribution in [0.2, 0.25) is 5.02 Å². The second kappa shape index (κ2) is 13.0. The number of anilines is 1. The molecule has 2 fully saturated rings. The number of rotatable bonds is 9. The van der Waals surface area contributed by atoms with Crippen LogP contribution in [0.15, 0.2) is 36.4 Å². The number of carbonyl (C=O) groups is 3. The van der Waals surface area contributed by atoms with Gasteiger partial charge in [-0.1, -0.05) is 29.8 Å². The molecule has 0 aliphatic carbocycles. The molecule has 10 nitrogen and oxygen atoms in total. The third-order valence-electron chi connectivity index (χ3n) is 7.41. The van der Waals surface area contributed by atoms with E-state index < -0.39 is 6.16 Å². The first-order valence-electron chi connectivity index (χ1n) is 13.2. The number of piperidine rings is 1. The molecule has 2 aromatic carbocycles. The Balaban J connectivity index is 1.51. The van der Waals surface area contributed by atoms with Gasteiger partial charge in [-0.15, -0.1) is 0 Å². The van der Waals surface area contributed by atoms with E-state index >= 15 is 0 Å². The fourth-order valence-electron chi connectivity index (χ4n) is 5.42. The van der Waals surface area contributed by atoms with Crippen molar-refractivity contribution < 1.29 is 29.0 Å². The number of carbonyl (C=O) groups excluding carboxylic acids is 3. The molecule has 0 bridgehead atoms. The summed E-state index contributed by atoms with van der Waals surface area (Å²) in [6.45, 7) is 3.62. The van der Waals surface area contributed by atoms with Gasteiger partial charge in [0.2, 0.25) is 5.91 Å². The number of carboxylic acid groups (broad SMARTS) is 1. The second-order valence-corrected chi connectivity index (χ2v) is 10.3. The number of likely N-dealkylation sites (tertiary alicyclic amines) is 2. The molecule has 2 unspecified atom stereocenters. The minimum Gasteiger partial charge on any atom is -0.514 e. The largest absolute Gasteiger partial charge is 0.514 e. The van der Waals surface area contributed by atoms with Crippen LogP contribution < -0.4 is 25.6 Å². The van der Waals surface area contributed by atoms with Crippen molar-refractivity contribution >= 4 is 35.3 Å². The Bertz CT molecular complexity index is 1200. The van der Waals surface area contributed by atoms with Gasteiger partial charge in [0.05, 0.1) is 29.1 Å². The van der Waals surface area contributed by atoms with Crippen LogP contribution in [0.1, 0.15) is 53.9 Å². The van der Waals surface area contributed by atoms with E-state index in [1.54, 1.807) is 24.3 Å². The zero-order chi connectivity index (χ0) is 27.9. The summed E-state index contributed by atoms with van der Waals surface area (Å²) in [6, 6.07) is 9.48. The minimum absolute atomic E-state index is 0.168. The fraction of sp³-hybridized carbons (Fsp3) is 0.464. The van der Waals surface area contributed by atoms with Gasteiger partial charge in [-0.05, 0) is 49.9 Å². The van der Waals surface area contributed by atoms with Crippen molar-refractivity contribution in [2.75, 3.05) is 45.6 Å². The maximum atomic E-state index is 13.4. The molecule has 0 aromatic heterocycles. The van der Waals surface area contributed by atoms with Crippen molar-refractivity contribution in [2.45, 2.75) is 44.1 Å². The summed E-state index contributed by atoms with van der Waals surface area (Å²) in [5, 5.41) is 14.6. The van der Waals surface area contributed by atoms with Gasteiger partial charge in [0.25, 0.3) is 12.1 Å². The Labute approximate surface area is 233 Å². The molecule has 3 N–H and O–H groups in total. The number of amides is 2. The molecule has 2 amide bonds. The highest BCUT2D eigenvalue weighted by Gasteiger charge is 2.33. The number of nitrogens with two attached hydrogens (primary N) is 1. The third kappa shape index (κ3) is 7.13. The molecule has 11 heteroatoms. The lowest BCUT2D eigenvalue weighted by molar-refractivity contribution is -0.271. The van der Waals surface area contributed by atoms with Crippen LogP contribution in [-0.2, 0) is 4.79 Å². The summed E-state index contributed by atoms with van der Waals surface area (Å²) in [5.74, 6) is -0.0165. The average molecular weight is 558 g/mol. The zero-order valence-corrected chi connectivity index (χ0v) is 22.7. The molecule has 2 saturated heterocycles. The lowest BCUT2D eigenvalue weighted by atomic mass is 9.85. The highest BCUT2D eigenvalue weighted by atomic mass is 35.5. The molecular formula is C28H34ClN4O6-. The van der Waals surface area contributed by atoms with E-state index in [0.717, 1.165) is 32.4 Å². The van der Waals surface area contributed by atoms with Gasteiger partial charge in [0.1, 0.15) is 5.75 Å². The minimum atomic E-state index is -1.66. The summed E-state index contributed by atoms with van der Waals surface area (Å²) in [7, 11) is 1.45. The molecule has 2 aliphatic heterocycles. The van der Waals surface area contributed by atoms with Crippen molar-refractivity contribution in [1.29, 1.82) is 0 Å². The second-order valence-electron chi connectivity index (χ2n) is 9.93. The fourth-order valence-corrected chi connectivity index (χ4v) is 5.58. The summed E-state index contributed by atoms with van der Waals surface area (Å²) < 4.78 is 10.3. The number of methoxy groups -OCH3 is 1. The first-order chi connectivity index (χ1) is 18.8. The first-order valence-corrected chi connectivity index (χ1v) is 13.6. The smallest absolute Gasteiger partial charge is 0.257 e. The van der Waals surface area contributed by atoms with E-state index in [4.69, 9.17) is 26.8 Å². The maximum Gasteiger partial charge on any atom is 0.257 e. The van der Waals surface area contributed by atoms with Crippen molar-refractivity contribution in [2.24, 2.45) is 0 Å². The molecule has 2 aromatic rings. The van der Waals surface area contributed by atoms with Crippen molar-refractivity contribution in [3.8, 4) is 11.5 Å². The molecule has 2 aliphatic rings.